The van der Waals surface area contributed by atoms with E-state index in [1.165, 1.54) is 231 Å². The zero-order valence-corrected chi connectivity index (χ0v) is 42.3. The highest BCUT2D eigenvalue weighted by atomic mass is 16.3. The Balaban J connectivity index is 3.67. The number of aliphatic hydroxyl groups is 4. The normalized spacial score (nSPS) is 13.9. The molecule has 0 saturated heterocycles. The van der Waals surface area contributed by atoms with E-state index in [-0.39, 0.29) is 0 Å². The molecular weight excluding hydrogens is 779 g/mol. The maximum Gasteiger partial charge on any atom is 0.249 e. The van der Waals surface area contributed by atoms with Crippen molar-refractivity contribution in [1.29, 1.82) is 0 Å². The van der Waals surface area contributed by atoms with Gasteiger partial charge in [0.15, 0.2) is 0 Å². The van der Waals surface area contributed by atoms with E-state index < -0.39 is 36.9 Å². The molecule has 374 valence electrons. The van der Waals surface area contributed by atoms with Crippen molar-refractivity contribution in [3.63, 3.8) is 0 Å². The summed E-state index contributed by atoms with van der Waals surface area (Å²) >= 11 is 0. The molecule has 0 heterocycles. The highest BCUT2D eigenvalue weighted by molar-refractivity contribution is 5.80. The predicted molar refractivity (Wildman–Crippen MR) is 274 cm³/mol. The number of carbonyl (C=O) groups excluding carboxylic acids is 1. The van der Waals surface area contributed by atoms with Crippen LogP contribution in [0, 0.1) is 0 Å². The summed E-state index contributed by atoms with van der Waals surface area (Å²) < 4.78 is 0. The van der Waals surface area contributed by atoms with Crippen molar-refractivity contribution in [3.05, 3.63) is 24.3 Å². The Morgan fingerprint density at radius 2 is 0.667 bits per heavy atom. The fourth-order valence-electron chi connectivity index (χ4n) is 8.95. The number of amides is 1. The standard InChI is InChI=1S/C57H111NO5/c1-3-5-7-9-11-13-15-17-19-21-23-25-27-28-29-31-32-34-36-38-40-42-44-46-48-50-54(60)56(62)53(52-59)58-57(63)55(61)51-49-47-45-43-41-39-37-35-33-30-26-24-22-20-18-16-14-12-10-8-6-4-2/h34,36,42,44,53-56,59-62H,3-33,35,37-41,43,45-52H2,1-2H3,(H,58,63)/b36-34+,44-42+. The molecule has 0 bridgehead atoms. The second kappa shape index (κ2) is 51.8. The Bertz CT molecular complexity index is 955. The highest BCUT2D eigenvalue weighted by Crippen LogP contribution is 2.18. The predicted octanol–water partition coefficient (Wildman–Crippen LogP) is 16.3. The topological polar surface area (TPSA) is 110 Å². The lowest BCUT2D eigenvalue weighted by atomic mass is 10.00. The Morgan fingerprint density at radius 3 is 1.00 bits per heavy atom. The van der Waals surface area contributed by atoms with Crippen LogP contribution in [-0.4, -0.2) is 57.3 Å². The molecule has 4 unspecified atom stereocenters. The van der Waals surface area contributed by atoms with Crippen LogP contribution in [0.2, 0.25) is 0 Å². The van der Waals surface area contributed by atoms with Gasteiger partial charge in [-0.1, -0.05) is 276 Å². The molecule has 0 aliphatic rings. The molecule has 4 atom stereocenters. The van der Waals surface area contributed by atoms with E-state index >= 15 is 0 Å². The SMILES string of the molecule is CCCCCCCCCCCCCCCCCC/C=C/CC/C=C/CCCC(O)C(O)C(CO)NC(=O)C(O)CCCCCCCCCCCCCCCCCCCCCCCC. The van der Waals surface area contributed by atoms with Crippen LogP contribution in [-0.2, 0) is 4.79 Å². The van der Waals surface area contributed by atoms with Gasteiger partial charge in [0.2, 0.25) is 5.91 Å². The van der Waals surface area contributed by atoms with Gasteiger partial charge < -0.3 is 25.7 Å². The lowest BCUT2D eigenvalue weighted by Gasteiger charge is -2.27. The van der Waals surface area contributed by atoms with E-state index in [0.29, 0.717) is 19.3 Å². The summed E-state index contributed by atoms with van der Waals surface area (Å²) in [5, 5.41) is 43.9. The Hall–Kier alpha value is -1.21. The number of aliphatic hydroxyl groups excluding tert-OH is 4. The minimum atomic E-state index is -1.29. The van der Waals surface area contributed by atoms with Crippen molar-refractivity contribution in [3.8, 4) is 0 Å². The number of nitrogens with one attached hydrogen (secondary N) is 1. The van der Waals surface area contributed by atoms with Gasteiger partial charge in [0, 0.05) is 0 Å². The number of rotatable bonds is 52. The van der Waals surface area contributed by atoms with Gasteiger partial charge in [-0.3, -0.25) is 4.79 Å². The van der Waals surface area contributed by atoms with Crippen molar-refractivity contribution < 1.29 is 25.2 Å². The molecule has 0 radical (unpaired) electrons. The number of allylic oxidation sites excluding steroid dienone is 4. The molecule has 0 aromatic heterocycles. The van der Waals surface area contributed by atoms with Crippen LogP contribution in [0.25, 0.3) is 0 Å². The minimum absolute atomic E-state index is 0.365. The first-order chi connectivity index (χ1) is 31.0. The molecule has 6 nitrogen and oxygen atoms in total. The lowest BCUT2D eigenvalue weighted by molar-refractivity contribution is -0.132. The van der Waals surface area contributed by atoms with Gasteiger partial charge in [-0.25, -0.2) is 0 Å². The van der Waals surface area contributed by atoms with Gasteiger partial charge in [0.25, 0.3) is 0 Å². The van der Waals surface area contributed by atoms with Crippen LogP contribution in [0.15, 0.2) is 24.3 Å². The van der Waals surface area contributed by atoms with Gasteiger partial charge in [-0.2, -0.15) is 0 Å². The maximum absolute atomic E-state index is 12.6. The van der Waals surface area contributed by atoms with Crippen LogP contribution < -0.4 is 5.32 Å². The van der Waals surface area contributed by atoms with Gasteiger partial charge in [0.1, 0.15) is 12.2 Å². The third-order valence-corrected chi connectivity index (χ3v) is 13.4. The average molecular weight is 891 g/mol. The van der Waals surface area contributed by atoms with Crippen molar-refractivity contribution >= 4 is 5.91 Å². The van der Waals surface area contributed by atoms with E-state index in [2.05, 4.69) is 43.5 Å². The fourth-order valence-corrected chi connectivity index (χ4v) is 8.95. The van der Waals surface area contributed by atoms with Crippen LogP contribution in [0.1, 0.15) is 303 Å². The van der Waals surface area contributed by atoms with Crippen LogP contribution in [0.3, 0.4) is 0 Å². The molecule has 1 amide bonds. The Labute approximate surface area is 393 Å². The summed E-state index contributed by atoms with van der Waals surface area (Å²) in [5.74, 6) is -0.592. The third-order valence-electron chi connectivity index (χ3n) is 13.4. The average Bonchev–Trinajstić information content (AvgIpc) is 3.29. The first-order valence-corrected chi connectivity index (χ1v) is 28.2. The molecule has 6 heteroatoms. The molecule has 0 rings (SSSR count). The Morgan fingerprint density at radius 1 is 0.381 bits per heavy atom. The number of unbranched alkanes of at least 4 members (excludes halogenated alkanes) is 39. The first-order valence-electron chi connectivity index (χ1n) is 28.2. The summed E-state index contributed by atoms with van der Waals surface area (Å²) in [6, 6.07) is -1.01. The summed E-state index contributed by atoms with van der Waals surface area (Å²) in [6.45, 7) is 4.08. The summed E-state index contributed by atoms with van der Waals surface area (Å²) in [6.07, 6.45) is 62.5. The molecule has 0 saturated carbocycles. The lowest BCUT2D eigenvalue weighted by Crippen LogP contribution is -2.53. The second-order valence-electron chi connectivity index (χ2n) is 19.6. The van der Waals surface area contributed by atoms with Gasteiger partial charge in [-0.05, 0) is 51.4 Å². The molecule has 0 fully saturated rings. The van der Waals surface area contributed by atoms with E-state index in [9.17, 15) is 25.2 Å². The second-order valence-corrected chi connectivity index (χ2v) is 19.6. The molecule has 0 aliphatic carbocycles. The fraction of sp³-hybridized carbons (Fsp3) is 0.912. The summed E-state index contributed by atoms with van der Waals surface area (Å²) in [5.41, 5.74) is 0. The number of hydrogen-bond acceptors (Lipinski definition) is 5. The molecule has 63 heavy (non-hydrogen) atoms. The van der Waals surface area contributed by atoms with Crippen molar-refractivity contribution in [2.75, 3.05) is 6.61 Å². The number of hydrogen-bond donors (Lipinski definition) is 5. The largest absolute Gasteiger partial charge is 0.394 e. The zero-order valence-electron chi connectivity index (χ0n) is 42.3. The van der Waals surface area contributed by atoms with Gasteiger partial charge >= 0.3 is 0 Å². The molecule has 0 aliphatic heterocycles. The smallest absolute Gasteiger partial charge is 0.249 e. The van der Waals surface area contributed by atoms with Crippen molar-refractivity contribution in [2.24, 2.45) is 0 Å². The zero-order chi connectivity index (χ0) is 45.9. The molecule has 0 aromatic rings. The molecule has 0 aromatic carbocycles. The van der Waals surface area contributed by atoms with E-state index in [0.717, 1.165) is 38.5 Å². The Kier molecular flexibility index (Phi) is 50.8. The monoisotopic (exact) mass is 890 g/mol. The van der Waals surface area contributed by atoms with Crippen LogP contribution in [0.5, 0.6) is 0 Å². The van der Waals surface area contributed by atoms with Gasteiger partial charge in [-0.15, -0.1) is 0 Å². The molecule has 0 spiro atoms. The van der Waals surface area contributed by atoms with Gasteiger partial charge in [0.05, 0.1) is 18.8 Å². The summed E-state index contributed by atoms with van der Waals surface area (Å²) in [4.78, 5) is 12.6. The summed E-state index contributed by atoms with van der Waals surface area (Å²) in [7, 11) is 0. The minimum Gasteiger partial charge on any atom is -0.394 e. The molecular formula is C57H111NO5. The van der Waals surface area contributed by atoms with Crippen LogP contribution >= 0.6 is 0 Å². The van der Waals surface area contributed by atoms with Crippen molar-refractivity contribution in [2.45, 2.75) is 327 Å². The first kappa shape index (κ1) is 61.8. The maximum atomic E-state index is 12.6. The molecule has 5 N–H and O–H groups in total. The third kappa shape index (κ3) is 45.7. The van der Waals surface area contributed by atoms with E-state index in [4.69, 9.17) is 0 Å². The number of carbonyl (C=O) groups is 1. The van der Waals surface area contributed by atoms with Crippen molar-refractivity contribution in [1.82, 2.24) is 5.32 Å². The van der Waals surface area contributed by atoms with E-state index in [1.54, 1.807) is 0 Å². The van der Waals surface area contributed by atoms with E-state index in [1.807, 2.05) is 0 Å². The quantitative estimate of drug-likeness (QED) is 0.0309. The van der Waals surface area contributed by atoms with Crippen LogP contribution in [0.4, 0.5) is 0 Å². The highest BCUT2D eigenvalue weighted by Gasteiger charge is 2.28.